The number of hydrogen-bond donors (Lipinski definition) is 1. The number of aryl methyl sites for hydroxylation is 2. The molecule has 0 saturated carbocycles. The lowest BCUT2D eigenvalue weighted by Crippen LogP contribution is -1.99. The van der Waals surface area contributed by atoms with Crippen molar-refractivity contribution < 1.29 is 14.6 Å². The molecule has 0 fully saturated rings. The highest BCUT2D eigenvalue weighted by Gasteiger charge is 2.08. The molecule has 5 heteroatoms. The van der Waals surface area contributed by atoms with Gasteiger partial charge in [-0.15, -0.1) is 11.3 Å². The number of carboxylic acids is 1. The van der Waals surface area contributed by atoms with Gasteiger partial charge in [0.15, 0.2) is 0 Å². The van der Waals surface area contributed by atoms with Crippen molar-refractivity contribution in [1.82, 2.24) is 4.98 Å². The lowest BCUT2D eigenvalue weighted by molar-refractivity contribution is -0.137. The standard InChI is InChI=1S/C23H25NO3S/c1-17-11-13-18(14-12-17)20-16-28-22(24-20)15-27-21-9-6-5-8-19(21)7-3-2-4-10-23(25)26/h5-6,8-9,11-14,16H,2-4,7,10,15H2,1H3,(H,25,26). The van der Waals surface area contributed by atoms with Crippen molar-refractivity contribution in [3.05, 3.63) is 70.0 Å². The van der Waals surface area contributed by atoms with Gasteiger partial charge in [-0.3, -0.25) is 4.79 Å². The zero-order valence-electron chi connectivity index (χ0n) is 16.1. The van der Waals surface area contributed by atoms with E-state index in [-0.39, 0.29) is 6.42 Å². The number of unbranched alkanes of at least 4 members (excludes halogenated alkanes) is 2. The van der Waals surface area contributed by atoms with Gasteiger partial charge in [0.2, 0.25) is 0 Å². The van der Waals surface area contributed by atoms with Crippen molar-refractivity contribution >= 4 is 17.3 Å². The lowest BCUT2D eigenvalue weighted by atomic mass is 10.1. The molecule has 0 saturated heterocycles. The Morgan fingerprint density at radius 3 is 2.64 bits per heavy atom. The molecule has 0 bridgehead atoms. The average molecular weight is 396 g/mol. The number of benzene rings is 2. The van der Waals surface area contributed by atoms with E-state index >= 15 is 0 Å². The number of aromatic nitrogens is 1. The van der Waals surface area contributed by atoms with Gasteiger partial charge in [0.1, 0.15) is 17.4 Å². The van der Waals surface area contributed by atoms with E-state index in [1.54, 1.807) is 11.3 Å². The molecular weight excluding hydrogens is 370 g/mol. The first kappa shape index (κ1) is 20.1. The summed E-state index contributed by atoms with van der Waals surface area (Å²) in [5, 5.41) is 11.7. The van der Waals surface area contributed by atoms with Crippen molar-refractivity contribution in [2.45, 2.75) is 45.6 Å². The number of nitrogens with zero attached hydrogens (tertiary/aromatic N) is 1. The molecule has 3 aromatic rings. The van der Waals surface area contributed by atoms with Crippen LogP contribution in [-0.2, 0) is 17.8 Å². The van der Waals surface area contributed by atoms with Crippen LogP contribution in [0.1, 0.15) is 41.8 Å². The van der Waals surface area contributed by atoms with E-state index in [2.05, 4.69) is 42.6 Å². The van der Waals surface area contributed by atoms with Gasteiger partial charge in [-0.1, -0.05) is 54.4 Å². The predicted octanol–water partition coefficient (Wildman–Crippen LogP) is 5.89. The molecule has 0 amide bonds. The summed E-state index contributed by atoms with van der Waals surface area (Å²) in [4.78, 5) is 15.3. The number of carboxylic acid groups (broad SMARTS) is 1. The maximum absolute atomic E-state index is 10.6. The van der Waals surface area contributed by atoms with Crippen LogP contribution in [0.25, 0.3) is 11.3 Å². The normalized spacial score (nSPS) is 10.8. The van der Waals surface area contributed by atoms with E-state index in [0.717, 1.165) is 53.3 Å². The van der Waals surface area contributed by atoms with Gasteiger partial charge >= 0.3 is 5.97 Å². The number of thiazole rings is 1. The maximum atomic E-state index is 10.6. The SMILES string of the molecule is Cc1ccc(-c2csc(COc3ccccc3CCCCCC(=O)O)n2)cc1. The first-order valence-corrected chi connectivity index (χ1v) is 10.4. The summed E-state index contributed by atoms with van der Waals surface area (Å²) in [6.07, 6.45) is 3.72. The van der Waals surface area contributed by atoms with E-state index < -0.39 is 5.97 Å². The van der Waals surface area contributed by atoms with Gasteiger partial charge in [0.25, 0.3) is 0 Å². The molecule has 0 aliphatic carbocycles. The Bertz CT molecular complexity index is 902. The smallest absolute Gasteiger partial charge is 0.303 e. The number of aliphatic carboxylic acids is 1. The van der Waals surface area contributed by atoms with Gasteiger partial charge in [-0.05, 0) is 37.8 Å². The van der Waals surface area contributed by atoms with Gasteiger partial charge < -0.3 is 9.84 Å². The zero-order valence-corrected chi connectivity index (χ0v) is 16.9. The molecule has 0 unspecified atom stereocenters. The monoisotopic (exact) mass is 395 g/mol. The third-order valence-electron chi connectivity index (χ3n) is 4.56. The van der Waals surface area contributed by atoms with Crippen molar-refractivity contribution in [2.24, 2.45) is 0 Å². The fourth-order valence-electron chi connectivity index (χ4n) is 2.99. The Labute approximate surface area is 169 Å². The topological polar surface area (TPSA) is 59.4 Å². The molecule has 28 heavy (non-hydrogen) atoms. The van der Waals surface area contributed by atoms with Crippen LogP contribution in [0.15, 0.2) is 53.9 Å². The molecule has 4 nitrogen and oxygen atoms in total. The van der Waals surface area contributed by atoms with Crippen LogP contribution in [0.2, 0.25) is 0 Å². The molecule has 2 aromatic carbocycles. The Morgan fingerprint density at radius 2 is 1.86 bits per heavy atom. The average Bonchev–Trinajstić information content (AvgIpc) is 3.16. The quantitative estimate of drug-likeness (QED) is 0.435. The van der Waals surface area contributed by atoms with Crippen molar-refractivity contribution in [1.29, 1.82) is 0 Å². The van der Waals surface area contributed by atoms with Crippen LogP contribution >= 0.6 is 11.3 Å². The molecule has 1 N–H and O–H groups in total. The highest BCUT2D eigenvalue weighted by molar-refractivity contribution is 7.09. The van der Waals surface area contributed by atoms with Crippen molar-refractivity contribution in [3.63, 3.8) is 0 Å². The van der Waals surface area contributed by atoms with E-state index in [9.17, 15) is 4.79 Å². The van der Waals surface area contributed by atoms with Crippen LogP contribution in [0.5, 0.6) is 5.75 Å². The molecule has 146 valence electrons. The number of rotatable bonds is 10. The summed E-state index contributed by atoms with van der Waals surface area (Å²) < 4.78 is 6.04. The molecule has 3 rings (SSSR count). The highest BCUT2D eigenvalue weighted by atomic mass is 32.1. The summed E-state index contributed by atoms with van der Waals surface area (Å²) in [5.74, 6) is 0.157. The Balaban J connectivity index is 1.55. The molecule has 0 atom stereocenters. The minimum absolute atomic E-state index is 0.242. The summed E-state index contributed by atoms with van der Waals surface area (Å²) in [6, 6.07) is 16.4. The third kappa shape index (κ3) is 5.92. The molecule has 0 aliphatic heterocycles. The van der Waals surface area contributed by atoms with E-state index in [0.29, 0.717) is 6.61 Å². The molecular formula is C23H25NO3S. The second-order valence-electron chi connectivity index (χ2n) is 6.84. The summed E-state index contributed by atoms with van der Waals surface area (Å²) >= 11 is 1.61. The first-order chi connectivity index (χ1) is 13.6. The number of carbonyl (C=O) groups is 1. The van der Waals surface area contributed by atoms with Crippen LogP contribution in [0.3, 0.4) is 0 Å². The van der Waals surface area contributed by atoms with Gasteiger partial charge in [-0.25, -0.2) is 4.98 Å². The van der Waals surface area contributed by atoms with Crippen LogP contribution in [0.4, 0.5) is 0 Å². The third-order valence-corrected chi connectivity index (χ3v) is 5.38. The molecule has 0 radical (unpaired) electrons. The first-order valence-electron chi connectivity index (χ1n) is 9.56. The second-order valence-corrected chi connectivity index (χ2v) is 7.79. The van der Waals surface area contributed by atoms with E-state index in [1.165, 1.54) is 5.56 Å². The Kier molecular flexibility index (Phi) is 7.20. The number of ether oxygens (including phenoxy) is 1. The van der Waals surface area contributed by atoms with Crippen LogP contribution in [0, 0.1) is 6.92 Å². The van der Waals surface area contributed by atoms with Gasteiger partial charge in [0, 0.05) is 17.4 Å². The molecule has 1 aromatic heterocycles. The fourth-order valence-corrected chi connectivity index (χ4v) is 3.71. The molecule has 0 spiro atoms. The fraction of sp³-hybridized carbons (Fsp3) is 0.304. The molecule has 1 heterocycles. The number of hydrogen-bond acceptors (Lipinski definition) is 4. The minimum Gasteiger partial charge on any atom is -0.486 e. The largest absolute Gasteiger partial charge is 0.486 e. The molecule has 0 aliphatic rings. The highest BCUT2D eigenvalue weighted by Crippen LogP contribution is 2.25. The van der Waals surface area contributed by atoms with Gasteiger partial charge in [0.05, 0.1) is 5.69 Å². The van der Waals surface area contributed by atoms with Crippen molar-refractivity contribution in [2.75, 3.05) is 0 Å². The van der Waals surface area contributed by atoms with Crippen LogP contribution < -0.4 is 4.74 Å². The summed E-state index contributed by atoms with van der Waals surface area (Å²) in [6.45, 7) is 2.53. The van der Waals surface area contributed by atoms with E-state index in [1.807, 2.05) is 18.2 Å². The predicted molar refractivity (Wildman–Crippen MR) is 113 cm³/mol. The van der Waals surface area contributed by atoms with E-state index in [4.69, 9.17) is 14.8 Å². The van der Waals surface area contributed by atoms with Crippen LogP contribution in [-0.4, -0.2) is 16.1 Å². The Morgan fingerprint density at radius 1 is 1.07 bits per heavy atom. The second kappa shape index (κ2) is 10.0. The minimum atomic E-state index is -0.725. The zero-order chi connectivity index (χ0) is 19.8. The maximum Gasteiger partial charge on any atom is 0.303 e. The van der Waals surface area contributed by atoms with Gasteiger partial charge in [-0.2, -0.15) is 0 Å². The Hall–Kier alpha value is -2.66. The summed E-state index contributed by atoms with van der Waals surface area (Å²) in [7, 11) is 0. The van der Waals surface area contributed by atoms with Crippen molar-refractivity contribution in [3.8, 4) is 17.0 Å². The summed E-state index contributed by atoms with van der Waals surface area (Å²) in [5.41, 5.74) is 4.50. The lowest BCUT2D eigenvalue weighted by Gasteiger charge is -2.10. The number of para-hydroxylation sites is 1.